The van der Waals surface area contributed by atoms with Gasteiger partial charge in [0.25, 0.3) is 0 Å². The Labute approximate surface area is 81.2 Å². The second-order valence-electron chi connectivity index (χ2n) is 3.72. The topological polar surface area (TPSA) is 38.5 Å². The first-order valence-corrected chi connectivity index (χ1v) is 5.43. The summed E-state index contributed by atoms with van der Waals surface area (Å²) in [6, 6.07) is 1.03. The van der Waals surface area contributed by atoms with E-state index in [9.17, 15) is 0 Å². The van der Waals surface area contributed by atoms with Crippen LogP contribution in [0.3, 0.4) is 0 Å². The number of hydrogen-bond acceptors (Lipinski definition) is 3. The van der Waals surface area contributed by atoms with Crippen LogP contribution in [0.15, 0.2) is 0 Å². The smallest absolute Gasteiger partial charge is 0.0657 e. The summed E-state index contributed by atoms with van der Waals surface area (Å²) in [4.78, 5) is 5.56. The zero-order valence-electron chi connectivity index (χ0n) is 8.83. The summed E-state index contributed by atoms with van der Waals surface area (Å²) in [6.07, 6.45) is 4.67. The molecule has 78 valence electrons. The molecule has 1 fully saturated rings. The Morgan fingerprint density at radius 2 is 1.85 bits per heavy atom. The zero-order chi connectivity index (χ0) is 9.68. The van der Waals surface area contributed by atoms with Crippen molar-refractivity contribution >= 4 is 0 Å². The van der Waals surface area contributed by atoms with E-state index in [4.69, 9.17) is 10.6 Å². The molecular weight excluding hydrogens is 164 g/mol. The number of hydroxylamine groups is 2. The van der Waals surface area contributed by atoms with Crippen LogP contribution in [0.25, 0.3) is 0 Å². The van der Waals surface area contributed by atoms with Gasteiger partial charge >= 0.3 is 0 Å². The fourth-order valence-corrected chi connectivity index (χ4v) is 2.01. The lowest BCUT2D eigenvalue weighted by Crippen LogP contribution is -2.40. The van der Waals surface area contributed by atoms with Crippen molar-refractivity contribution in [3.8, 4) is 0 Å². The second-order valence-corrected chi connectivity index (χ2v) is 3.72. The van der Waals surface area contributed by atoms with Crippen LogP contribution in [-0.4, -0.2) is 30.3 Å². The van der Waals surface area contributed by atoms with Gasteiger partial charge in [-0.1, -0.05) is 6.92 Å². The minimum Gasteiger partial charge on any atom is -0.328 e. The third kappa shape index (κ3) is 3.25. The SMILES string of the molecule is CCON(CC)C1CCC(N)CC1. The molecule has 0 aromatic carbocycles. The third-order valence-corrected chi connectivity index (χ3v) is 2.76. The highest BCUT2D eigenvalue weighted by atomic mass is 16.7. The molecule has 3 nitrogen and oxygen atoms in total. The molecule has 1 rings (SSSR count). The van der Waals surface area contributed by atoms with Gasteiger partial charge in [0.1, 0.15) is 0 Å². The molecule has 2 N–H and O–H groups in total. The molecule has 0 spiro atoms. The van der Waals surface area contributed by atoms with E-state index in [-0.39, 0.29) is 0 Å². The van der Waals surface area contributed by atoms with Gasteiger partial charge in [0.05, 0.1) is 6.61 Å². The van der Waals surface area contributed by atoms with Gasteiger partial charge in [-0.25, -0.2) is 0 Å². The predicted octanol–water partition coefficient (Wildman–Crippen LogP) is 1.53. The molecule has 0 aromatic rings. The Hall–Kier alpha value is -0.120. The summed E-state index contributed by atoms with van der Waals surface area (Å²) in [6.45, 7) is 5.94. The molecule has 0 saturated heterocycles. The summed E-state index contributed by atoms with van der Waals surface area (Å²) in [7, 11) is 0. The first kappa shape index (κ1) is 11.0. The van der Waals surface area contributed by atoms with Crippen LogP contribution in [0.5, 0.6) is 0 Å². The van der Waals surface area contributed by atoms with Gasteiger partial charge in [0, 0.05) is 18.6 Å². The normalized spacial score (nSPS) is 29.5. The minimum absolute atomic E-state index is 0.427. The molecule has 0 aliphatic heterocycles. The average molecular weight is 186 g/mol. The summed E-state index contributed by atoms with van der Waals surface area (Å²) in [5, 5.41) is 2.12. The molecule has 0 bridgehead atoms. The lowest BCUT2D eigenvalue weighted by molar-refractivity contribution is -0.185. The molecule has 1 aliphatic carbocycles. The van der Waals surface area contributed by atoms with Crippen LogP contribution in [-0.2, 0) is 4.84 Å². The van der Waals surface area contributed by atoms with E-state index in [1.54, 1.807) is 0 Å². The monoisotopic (exact) mass is 186 g/mol. The van der Waals surface area contributed by atoms with Crippen LogP contribution >= 0.6 is 0 Å². The lowest BCUT2D eigenvalue weighted by atomic mass is 9.91. The highest BCUT2D eigenvalue weighted by Gasteiger charge is 2.23. The molecule has 0 atom stereocenters. The number of nitrogens with zero attached hydrogens (tertiary/aromatic N) is 1. The highest BCUT2D eigenvalue weighted by Crippen LogP contribution is 2.21. The highest BCUT2D eigenvalue weighted by molar-refractivity contribution is 4.77. The molecule has 0 aromatic heterocycles. The van der Waals surface area contributed by atoms with Gasteiger partial charge in [0.15, 0.2) is 0 Å². The average Bonchev–Trinajstić information content (AvgIpc) is 2.16. The lowest BCUT2D eigenvalue weighted by Gasteiger charge is -2.34. The molecule has 0 heterocycles. The van der Waals surface area contributed by atoms with Crippen molar-refractivity contribution in [2.75, 3.05) is 13.2 Å². The standard InChI is InChI=1S/C10H22N2O/c1-3-12(13-4-2)10-7-5-9(11)6-8-10/h9-10H,3-8,11H2,1-2H3. The van der Waals surface area contributed by atoms with Crippen molar-refractivity contribution in [2.24, 2.45) is 5.73 Å². The fourth-order valence-electron chi connectivity index (χ4n) is 2.01. The molecule has 1 aliphatic rings. The van der Waals surface area contributed by atoms with Crippen LogP contribution < -0.4 is 5.73 Å². The van der Waals surface area contributed by atoms with E-state index < -0.39 is 0 Å². The van der Waals surface area contributed by atoms with Gasteiger partial charge in [-0.15, -0.1) is 0 Å². The molecule has 3 heteroatoms. The molecule has 1 saturated carbocycles. The van der Waals surface area contributed by atoms with Crippen LogP contribution in [0.1, 0.15) is 39.5 Å². The number of rotatable bonds is 4. The van der Waals surface area contributed by atoms with E-state index in [1.165, 1.54) is 12.8 Å². The van der Waals surface area contributed by atoms with Gasteiger partial charge < -0.3 is 5.73 Å². The van der Waals surface area contributed by atoms with Crippen LogP contribution in [0, 0.1) is 0 Å². The molecule has 0 unspecified atom stereocenters. The summed E-state index contributed by atoms with van der Waals surface area (Å²) < 4.78 is 0. The van der Waals surface area contributed by atoms with Crippen molar-refractivity contribution < 1.29 is 4.84 Å². The van der Waals surface area contributed by atoms with E-state index in [1.807, 2.05) is 6.92 Å². The number of nitrogens with two attached hydrogens (primary N) is 1. The van der Waals surface area contributed by atoms with Gasteiger partial charge in [-0.3, -0.25) is 4.84 Å². The first-order valence-electron chi connectivity index (χ1n) is 5.43. The Bertz CT molecular complexity index is 133. The largest absolute Gasteiger partial charge is 0.328 e. The molecular formula is C10H22N2O. The van der Waals surface area contributed by atoms with Crippen molar-refractivity contribution in [3.63, 3.8) is 0 Å². The summed E-state index contributed by atoms with van der Waals surface area (Å²) in [5.74, 6) is 0. The molecule has 0 amide bonds. The maximum absolute atomic E-state index is 5.85. The predicted molar refractivity (Wildman–Crippen MR) is 54.2 cm³/mol. The molecule has 13 heavy (non-hydrogen) atoms. The quantitative estimate of drug-likeness (QED) is 0.677. The number of hydrogen-bond donors (Lipinski definition) is 1. The van der Waals surface area contributed by atoms with Gasteiger partial charge in [-0.2, -0.15) is 5.06 Å². The van der Waals surface area contributed by atoms with Crippen molar-refractivity contribution in [2.45, 2.75) is 51.6 Å². The van der Waals surface area contributed by atoms with Crippen molar-refractivity contribution in [1.82, 2.24) is 5.06 Å². The van der Waals surface area contributed by atoms with Gasteiger partial charge in [0.2, 0.25) is 0 Å². The van der Waals surface area contributed by atoms with Crippen LogP contribution in [0.2, 0.25) is 0 Å². The Kier molecular flexibility index (Phi) is 4.70. The first-order chi connectivity index (χ1) is 6.27. The second kappa shape index (κ2) is 5.58. The van der Waals surface area contributed by atoms with E-state index in [0.717, 1.165) is 26.0 Å². The third-order valence-electron chi connectivity index (χ3n) is 2.76. The van der Waals surface area contributed by atoms with Crippen LogP contribution in [0.4, 0.5) is 0 Å². The van der Waals surface area contributed by atoms with Gasteiger partial charge in [-0.05, 0) is 32.6 Å². The Morgan fingerprint density at radius 1 is 1.23 bits per heavy atom. The van der Waals surface area contributed by atoms with E-state index in [2.05, 4.69) is 12.0 Å². The van der Waals surface area contributed by atoms with Crippen molar-refractivity contribution in [1.29, 1.82) is 0 Å². The fraction of sp³-hybridized carbons (Fsp3) is 1.00. The zero-order valence-corrected chi connectivity index (χ0v) is 8.83. The Balaban J connectivity index is 2.32. The van der Waals surface area contributed by atoms with Crippen molar-refractivity contribution in [3.05, 3.63) is 0 Å². The summed E-state index contributed by atoms with van der Waals surface area (Å²) in [5.41, 5.74) is 5.85. The Morgan fingerprint density at radius 3 is 2.31 bits per heavy atom. The summed E-state index contributed by atoms with van der Waals surface area (Å²) >= 11 is 0. The van der Waals surface area contributed by atoms with E-state index in [0.29, 0.717) is 12.1 Å². The maximum atomic E-state index is 5.85. The molecule has 0 radical (unpaired) electrons. The maximum Gasteiger partial charge on any atom is 0.0657 e. The van der Waals surface area contributed by atoms with E-state index >= 15 is 0 Å². The minimum atomic E-state index is 0.427.